The summed E-state index contributed by atoms with van der Waals surface area (Å²) < 4.78 is 0. The Morgan fingerprint density at radius 1 is 0.517 bits per heavy atom. The second-order valence-electron chi connectivity index (χ2n) is 7.13. The lowest BCUT2D eigenvalue weighted by Crippen LogP contribution is -1.93. The first-order valence-corrected chi connectivity index (χ1v) is 9.96. The van der Waals surface area contributed by atoms with Gasteiger partial charge < -0.3 is 0 Å². The molecule has 0 atom stereocenters. The zero-order chi connectivity index (χ0) is 19.9. The largest absolute Gasteiger partial charge is 0.0622 e. The Morgan fingerprint density at radius 3 is 1.45 bits per heavy atom. The molecule has 0 aliphatic rings. The average Bonchev–Trinajstić information content (AvgIpc) is 2.79. The highest BCUT2D eigenvalue weighted by molar-refractivity contribution is 6.03. The molecule has 0 heteroatoms. The molecule has 0 bridgehead atoms. The first-order chi connectivity index (χ1) is 14.3. The van der Waals surface area contributed by atoms with Crippen LogP contribution in [-0.2, 0) is 0 Å². The topological polar surface area (TPSA) is 0 Å². The summed E-state index contributed by atoms with van der Waals surface area (Å²) in [6.07, 6.45) is 4.45. The van der Waals surface area contributed by atoms with Gasteiger partial charge in [-0.05, 0) is 40.3 Å². The third-order valence-electron chi connectivity index (χ3n) is 5.00. The zero-order valence-corrected chi connectivity index (χ0v) is 16.6. The summed E-state index contributed by atoms with van der Waals surface area (Å²) in [5.74, 6) is 0. The molecule has 29 heavy (non-hydrogen) atoms. The van der Waals surface area contributed by atoms with Crippen LogP contribution in [0.1, 0.15) is 27.8 Å². The molecule has 4 rings (SSSR count). The Kier molecular flexibility index (Phi) is 5.83. The van der Waals surface area contributed by atoms with Gasteiger partial charge in [0.25, 0.3) is 0 Å². The van der Waals surface area contributed by atoms with E-state index in [1.54, 1.807) is 0 Å². The van der Waals surface area contributed by atoms with Crippen molar-refractivity contribution in [2.24, 2.45) is 0 Å². The Labute approximate surface area is 173 Å². The van der Waals surface area contributed by atoms with Gasteiger partial charge in [-0.15, -0.1) is 0 Å². The summed E-state index contributed by atoms with van der Waals surface area (Å²) in [7, 11) is 0. The number of rotatable bonds is 5. The van der Waals surface area contributed by atoms with Crippen LogP contribution >= 0.6 is 0 Å². The minimum Gasteiger partial charge on any atom is -0.0622 e. The van der Waals surface area contributed by atoms with Gasteiger partial charge in [0.1, 0.15) is 0 Å². The first kappa shape index (κ1) is 18.7. The standard InChI is InChI=1S/C29H24/c1-23-17-19-24(20-18-23)21-22-28(25-11-5-2-6-12-25)29(26-13-7-3-8-14-26)27-15-9-4-10-16-27/h2-22H,1H3/b22-21+. The van der Waals surface area contributed by atoms with Gasteiger partial charge in [-0.3, -0.25) is 0 Å². The summed E-state index contributed by atoms with van der Waals surface area (Å²) >= 11 is 0. The van der Waals surface area contributed by atoms with E-state index in [4.69, 9.17) is 0 Å². The predicted molar refractivity (Wildman–Crippen MR) is 125 cm³/mol. The molecule has 0 heterocycles. The molecule has 0 saturated heterocycles. The SMILES string of the molecule is Cc1ccc(/C=C/C(=C(c2ccccc2)c2ccccc2)c2ccccc2)cc1. The molecule has 0 N–H and O–H groups in total. The van der Waals surface area contributed by atoms with Crippen LogP contribution in [0.5, 0.6) is 0 Å². The fraction of sp³-hybridized carbons (Fsp3) is 0.0345. The number of allylic oxidation sites excluding steroid dienone is 2. The van der Waals surface area contributed by atoms with E-state index in [1.807, 2.05) is 0 Å². The summed E-state index contributed by atoms with van der Waals surface area (Å²) in [6, 6.07) is 40.5. The molecular weight excluding hydrogens is 348 g/mol. The molecular formula is C29H24. The van der Waals surface area contributed by atoms with E-state index in [0.29, 0.717) is 0 Å². The summed E-state index contributed by atoms with van der Waals surface area (Å²) in [6.45, 7) is 2.12. The second kappa shape index (κ2) is 9.03. The molecule has 4 aromatic rings. The van der Waals surface area contributed by atoms with Crippen LogP contribution in [0.4, 0.5) is 0 Å². The van der Waals surface area contributed by atoms with Crippen molar-refractivity contribution < 1.29 is 0 Å². The normalized spacial score (nSPS) is 10.8. The van der Waals surface area contributed by atoms with E-state index in [1.165, 1.54) is 39.0 Å². The molecule has 0 nitrogen and oxygen atoms in total. The summed E-state index contributed by atoms with van der Waals surface area (Å²) in [4.78, 5) is 0. The van der Waals surface area contributed by atoms with Crippen LogP contribution in [0.25, 0.3) is 17.2 Å². The van der Waals surface area contributed by atoms with Crippen LogP contribution in [-0.4, -0.2) is 0 Å². The number of aryl methyl sites for hydroxylation is 1. The maximum Gasteiger partial charge on any atom is -0.00328 e. The van der Waals surface area contributed by atoms with Gasteiger partial charge in [0.05, 0.1) is 0 Å². The molecule has 0 spiro atoms. The highest BCUT2D eigenvalue weighted by Gasteiger charge is 2.11. The van der Waals surface area contributed by atoms with Crippen molar-refractivity contribution in [2.45, 2.75) is 6.92 Å². The van der Waals surface area contributed by atoms with Gasteiger partial charge in [-0.25, -0.2) is 0 Å². The van der Waals surface area contributed by atoms with Crippen LogP contribution in [0, 0.1) is 6.92 Å². The Morgan fingerprint density at radius 2 is 0.966 bits per heavy atom. The van der Waals surface area contributed by atoms with Crippen molar-refractivity contribution in [1.82, 2.24) is 0 Å². The monoisotopic (exact) mass is 372 g/mol. The van der Waals surface area contributed by atoms with Gasteiger partial charge in [0.15, 0.2) is 0 Å². The fourth-order valence-electron chi connectivity index (χ4n) is 3.49. The van der Waals surface area contributed by atoms with Crippen molar-refractivity contribution in [3.63, 3.8) is 0 Å². The lowest BCUT2D eigenvalue weighted by Gasteiger charge is -2.15. The predicted octanol–water partition coefficient (Wildman–Crippen LogP) is 7.67. The highest BCUT2D eigenvalue weighted by atomic mass is 14.2. The van der Waals surface area contributed by atoms with E-state index in [9.17, 15) is 0 Å². The third-order valence-corrected chi connectivity index (χ3v) is 5.00. The number of hydrogen-bond acceptors (Lipinski definition) is 0. The minimum atomic E-state index is 1.20. The van der Waals surface area contributed by atoms with Crippen molar-refractivity contribution >= 4 is 17.2 Å². The highest BCUT2D eigenvalue weighted by Crippen LogP contribution is 2.33. The molecule has 0 saturated carbocycles. The van der Waals surface area contributed by atoms with Gasteiger partial charge in [0.2, 0.25) is 0 Å². The van der Waals surface area contributed by atoms with E-state index in [2.05, 4.69) is 134 Å². The molecule has 0 fully saturated rings. The smallest absolute Gasteiger partial charge is 0.00328 e. The van der Waals surface area contributed by atoms with Gasteiger partial charge in [0, 0.05) is 0 Å². The van der Waals surface area contributed by atoms with E-state index < -0.39 is 0 Å². The maximum atomic E-state index is 2.25. The quantitative estimate of drug-likeness (QED) is 0.249. The molecule has 140 valence electrons. The summed E-state index contributed by atoms with van der Waals surface area (Å²) in [5, 5.41) is 0. The van der Waals surface area contributed by atoms with Crippen LogP contribution in [0.3, 0.4) is 0 Å². The zero-order valence-electron chi connectivity index (χ0n) is 16.6. The molecule has 4 aromatic carbocycles. The lowest BCUT2D eigenvalue weighted by atomic mass is 9.89. The van der Waals surface area contributed by atoms with Crippen LogP contribution in [0.15, 0.2) is 121 Å². The van der Waals surface area contributed by atoms with Gasteiger partial charge in [-0.2, -0.15) is 0 Å². The molecule has 0 aromatic heterocycles. The van der Waals surface area contributed by atoms with Gasteiger partial charge >= 0.3 is 0 Å². The van der Waals surface area contributed by atoms with E-state index >= 15 is 0 Å². The Bertz CT molecular complexity index is 1060. The Hall–Kier alpha value is -3.64. The van der Waals surface area contributed by atoms with Crippen LogP contribution < -0.4 is 0 Å². The number of hydrogen-bond donors (Lipinski definition) is 0. The molecule has 0 aliphatic heterocycles. The molecule has 0 unspecified atom stereocenters. The Balaban J connectivity index is 1.94. The van der Waals surface area contributed by atoms with Crippen LogP contribution in [0.2, 0.25) is 0 Å². The van der Waals surface area contributed by atoms with E-state index in [0.717, 1.165) is 0 Å². The van der Waals surface area contributed by atoms with Crippen molar-refractivity contribution in [1.29, 1.82) is 0 Å². The average molecular weight is 373 g/mol. The first-order valence-electron chi connectivity index (χ1n) is 9.96. The lowest BCUT2D eigenvalue weighted by molar-refractivity contribution is 1.46. The molecule has 0 amide bonds. The van der Waals surface area contributed by atoms with Gasteiger partial charge in [-0.1, -0.05) is 133 Å². The second-order valence-corrected chi connectivity index (χ2v) is 7.13. The van der Waals surface area contributed by atoms with Crippen molar-refractivity contribution in [2.75, 3.05) is 0 Å². The minimum absolute atomic E-state index is 1.20. The third kappa shape index (κ3) is 4.62. The van der Waals surface area contributed by atoms with E-state index in [-0.39, 0.29) is 0 Å². The fourth-order valence-corrected chi connectivity index (χ4v) is 3.49. The number of benzene rings is 4. The molecule has 0 aliphatic carbocycles. The molecule has 0 radical (unpaired) electrons. The maximum absolute atomic E-state index is 2.25. The van der Waals surface area contributed by atoms with Crippen molar-refractivity contribution in [3.05, 3.63) is 149 Å². The summed E-state index contributed by atoms with van der Waals surface area (Å²) in [5.41, 5.74) is 8.56. The van der Waals surface area contributed by atoms with Crippen molar-refractivity contribution in [3.8, 4) is 0 Å².